The summed E-state index contributed by atoms with van der Waals surface area (Å²) in [6.45, 7) is 1.57. The summed E-state index contributed by atoms with van der Waals surface area (Å²) in [5.74, 6) is -0.580. The van der Waals surface area contributed by atoms with E-state index in [1.165, 1.54) is 0 Å². The summed E-state index contributed by atoms with van der Waals surface area (Å²) in [5, 5.41) is 9.26. The third-order valence-corrected chi connectivity index (χ3v) is 1.84. The average molecular weight is 208 g/mol. The molecule has 1 rings (SSSR count). The lowest BCUT2D eigenvalue weighted by molar-refractivity contribution is 0.147. The minimum absolute atomic E-state index is 0.0762. The van der Waals surface area contributed by atoms with Crippen LogP contribution >= 0.6 is 11.6 Å². The Morgan fingerprint density at radius 1 is 1.62 bits per heavy atom. The summed E-state index contributed by atoms with van der Waals surface area (Å²) >= 11 is 5.41. The molecule has 0 fully saturated rings. The largest absolute Gasteiger partial charge is 0.505 e. The summed E-state index contributed by atoms with van der Waals surface area (Å²) < 4.78 is 24.6. The summed E-state index contributed by atoms with van der Waals surface area (Å²) in [4.78, 5) is 3.82. The number of aryl methyl sites for hydroxylation is 1. The molecule has 1 aromatic rings. The number of hydrogen-bond acceptors (Lipinski definition) is 2. The van der Waals surface area contributed by atoms with Gasteiger partial charge in [-0.1, -0.05) is 0 Å². The van der Waals surface area contributed by atoms with Gasteiger partial charge in [0.25, 0.3) is 6.43 Å². The summed E-state index contributed by atoms with van der Waals surface area (Å²) in [6, 6.07) is 1.15. The van der Waals surface area contributed by atoms with Crippen LogP contribution in [-0.2, 0) is 5.88 Å². The fourth-order valence-corrected chi connectivity index (χ4v) is 1.20. The summed E-state index contributed by atoms with van der Waals surface area (Å²) in [6.07, 6.45) is -2.70. The van der Waals surface area contributed by atoms with Crippen LogP contribution in [0.2, 0.25) is 0 Å². The zero-order valence-corrected chi connectivity index (χ0v) is 7.65. The molecule has 0 saturated carbocycles. The lowest BCUT2D eigenvalue weighted by atomic mass is 10.2. The Morgan fingerprint density at radius 2 is 2.23 bits per heavy atom. The molecule has 0 amide bonds. The number of aromatic hydroxyl groups is 1. The molecule has 13 heavy (non-hydrogen) atoms. The second kappa shape index (κ2) is 3.87. The first kappa shape index (κ1) is 10.2. The highest BCUT2D eigenvalue weighted by atomic mass is 35.5. The number of hydrogen-bond donors (Lipinski definition) is 1. The van der Waals surface area contributed by atoms with Crippen molar-refractivity contribution in [2.45, 2.75) is 19.2 Å². The molecular formula is C8H8ClF2NO. The van der Waals surface area contributed by atoms with Crippen molar-refractivity contribution in [2.24, 2.45) is 0 Å². The van der Waals surface area contributed by atoms with Gasteiger partial charge in [0.2, 0.25) is 0 Å². The zero-order chi connectivity index (χ0) is 10.0. The van der Waals surface area contributed by atoms with Crippen LogP contribution in [0.5, 0.6) is 5.75 Å². The normalized spacial score (nSPS) is 10.8. The van der Waals surface area contributed by atoms with Gasteiger partial charge in [0.1, 0.15) is 5.75 Å². The van der Waals surface area contributed by atoms with E-state index in [0.29, 0.717) is 5.69 Å². The molecule has 1 N–H and O–H groups in total. The molecule has 0 aliphatic rings. The van der Waals surface area contributed by atoms with Gasteiger partial charge in [-0.2, -0.15) is 0 Å². The van der Waals surface area contributed by atoms with E-state index in [1.54, 1.807) is 6.92 Å². The number of halogens is 3. The number of nitrogens with zero attached hydrogens (tertiary/aromatic N) is 1. The van der Waals surface area contributed by atoms with E-state index in [0.717, 1.165) is 6.07 Å². The van der Waals surface area contributed by atoms with E-state index in [-0.39, 0.29) is 11.6 Å². The SMILES string of the molecule is Cc1cc(C(F)F)c(O)c(CCl)n1. The van der Waals surface area contributed by atoms with E-state index in [9.17, 15) is 13.9 Å². The van der Waals surface area contributed by atoms with Gasteiger partial charge in [-0.25, -0.2) is 8.78 Å². The highest BCUT2D eigenvalue weighted by Gasteiger charge is 2.16. The van der Waals surface area contributed by atoms with Gasteiger partial charge in [-0.15, -0.1) is 11.6 Å². The fraction of sp³-hybridized carbons (Fsp3) is 0.375. The minimum atomic E-state index is -2.70. The smallest absolute Gasteiger partial charge is 0.267 e. The van der Waals surface area contributed by atoms with E-state index in [2.05, 4.69) is 4.98 Å². The van der Waals surface area contributed by atoms with Crippen LogP contribution in [0.25, 0.3) is 0 Å². The number of rotatable bonds is 2. The van der Waals surface area contributed by atoms with Crippen LogP contribution in [0.1, 0.15) is 23.4 Å². The van der Waals surface area contributed by atoms with Crippen molar-refractivity contribution in [1.82, 2.24) is 4.98 Å². The van der Waals surface area contributed by atoms with Crippen molar-refractivity contribution in [3.8, 4) is 5.75 Å². The Hall–Kier alpha value is -0.900. The first-order chi connectivity index (χ1) is 6.06. The van der Waals surface area contributed by atoms with Crippen molar-refractivity contribution in [1.29, 1.82) is 0 Å². The Labute approximate surface area is 79.2 Å². The second-order valence-electron chi connectivity index (χ2n) is 2.58. The van der Waals surface area contributed by atoms with Gasteiger partial charge >= 0.3 is 0 Å². The molecular weight excluding hydrogens is 200 g/mol. The van der Waals surface area contributed by atoms with Crippen LogP contribution in [0.15, 0.2) is 6.07 Å². The molecule has 1 heterocycles. The second-order valence-corrected chi connectivity index (χ2v) is 2.85. The maximum atomic E-state index is 12.3. The maximum absolute atomic E-state index is 12.3. The molecule has 72 valence electrons. The number of alkyl halides is 3. The summed E-state index contributed by atoms with van der Waals surface area (Å²) in [5.41, 5.74) is 0.101. The molecule has 0 atom stereocenters. The molecule has 0 radical (unpaired) electrons. The third-order valence-electron chi connectivity index (χ3n) is 1.58. The topological polar surface area (TPSA) is 33.1 Å². The summed E-state index contributed by atoms with van der Waals surface area (Å²) in [7, 11) is 0. The molecule has 0 aliphatic heterocycles. The van der Waals surface area contributed by atoms with Crippen molar-refractivity contribution >= 4 is 11.6 Å². The minimum Gasteiger partial charge on any atom is -0.505 e. The quantitative estimate of drug-likeness (QED) is 0.757. The Morgan fingerprint density at radius 3 is 2.69 bits per heavy atom. The first-order valence-electron chi connectivity index (χ1n) is 3.59. The molecule has 0 saturated heterocycles. The molecule has 0 aliphatic carbocycles. The van der Waals surface area contributed by atoms with Gasteiger partial charge < -0.3 is 5.11 Å². The van der Waals surface area contributed by atoms with Crippen LogP contribution in [0.4, 0.5) is 8.78 Å². The van der Waals surface area contributed by atoms with Crippen molar-refractivity contribution in [3.63, 3.8) is 0 Å². The Bertz CT molecular complexity index is 317. The highest BCUT2D eigenvalue weighted by molar-refractivity contribution is 6.17. The molecule has 0 spiro atoms. The highest BCUT2D eigenvalue weighted by Crippen LogP contribution is 2.31. The molecule has 0 aromatic carbocycles. The van der Waals surface area contributed by atoms with Crippen LogP contribution < -0.4 is 0 Å². The number of pyridine rings is 1. The zero-order valence-electron chi connectivity index (χ0n) is 6.89. The molecule has 5 heteroatoms. The standard InChI is InChI=1S/C8H8ClF2NO/c1-4-2-5(8(10)11)7(13)6(3-9)12-4/h2,8,13H,3H2,1H3. The number of aromatic nitrogens is 1. The fourth-order valence-electron chi connectivity index (χ4n) is 1.02. The molecule has 2 nitrogen and oxygen atoms in total. The van der Waals surface area contributed by atoms with Gasteiger partial charge in [0.15, 0.2) is 0 Å². The van der Waals surface area contributed by atoms with Crippen molar-refractivity contribution in [2.75, 3.05) is 0 Å². The van der Waals surface area contributed by atoms with Gasteiger partial charge in [0.05, 0.1) is 17.1 Å². The van der Waals surface area contributed by atoms with Crippen molar-refractivity contribution < 1.29 is 13.9 Å². The maximum Gasteiger partial charge on any atom is 0.267 e. The van der Waals surface area contributed by atoms with Crippen LogP contribution in [-0.4, -0.2) is 10.1 Å². The monoisotopic (exact) mass is 207 g/mol. The van der Waals surface area contributed by atoms with E-state index >= 15 is 0 Å². The Balaban J connectivity index is 3.27. The van der Waals surface area contributed by atoms with Gasteiger partial charge in [-0.05, 0) is 13.0 Å². The first-order valence-corrected chi connectivity index (χ1v) is 4.13. The van der Waals surface area contributed by atoms with E-state index in [1.807, 2.05) is 0 Å². The van der Waals surface area contributed by atoms with E-state index in [4.69, 9.17) is 11.6 Å². The van der Waals surface area contributed by atoms with Crippen LogP contribution in [0.3, 0.4) is 0 Å². The lowest BCUT2D eigenvalue weighted by Gasteiger charge is -2.07. The van der Waals surface area contributed by atoms with Gasteiger partial charge in [0, 0.05) is 5.69 Å². The molecule has 0 bridgehead atoms. The predicted octanol–water partition coefficient (Wildman–Crippen LogP) is 2.77. The lowest BCUT2D eigenvalue weighted by Crippen LogP contribution is -1.96. The van der Waals surface area contributed by atoms with Gasteiger partial charge in [-0.3, -0.25) is 4.98 Å². The van der Waals surface area contributed by atoms with Crippen molar-refractivity contribution in [3.05, 3.63) is 23.0 Å². The average Bonchev–Trinajstić information content (AvgIpc) is 2.08. The Kier molecular flexibility index (Phi) is 3.03. The molecule has 1 aromatic heterocycles. The van der Waals surface area contributed by atoms with E-state index < -0.39 is 17.7 Å². The molecule has 0 unspecified atom stereocenters. The van der Waals surface area contributed by atoms with Crippen LogP contribution in [0, 0.1) is 6.92 Å². The predicted molar refractivity (Wildman–Crippen MR) is 45.2 cm³/mol. The third kappa shape index (κ3) is 2.06.